The quantitative estimate of drug-likeness (QED) is 0.900. The van der Waals surface area contributed by atoms with Crippen molar-refractivity contribution in [3.63, 3.8) is 0 Å². The number of carbonyl (C=O) groups is 1. The lowest BCUT2D eigenvalue weighted by Crippen LogP contribution is -2.35. The number of rotatable bonds is 3. The van der Waals surface area contributed by atoms with Crippen molar-refractivity contribution < 1.29 is 9.18 Å². The highest BCUT2D eigenvalue weighted by atomic mass is 35.5. The van der Waals surface area contributed by atoms with Crippen LogP contribution in [-0.2, 0) is 11.2 Å². The highest BCUT2D eigenvalue weighted by Gasteiger charge is 2.21. The average Bonchev–Trinajstić information content (AvgIpc) is 2.36. The number of nitrogens with one attached hydrogen (secondary N) is 1. The number of benzene rings is 1. The SMILES string of the molecule is O=C(Cc1cccc(F)c1Cl)C1CCCNC1. The molecule has 2 rings (SSSR count). The molecule has 0 bridgehead atoms. The van der Waals surface area contributed by atoms with Gasteiger partial charge >= 0.3 is 0 Å². The van der Waals surface area contributed by atoms with E-state index in [1.807, 2.05) is 0 Å². The molecule has 0 amide bonds. The molecule has 1 saturated heterocycles. The van der Waals surface area contributed by atoms with Gasteiger partial charge in [0.25, 0.3) is 0 Å². The molecule has 17 heavy (non-hydrogen) atoms. The first-order valence-electron chi connectivity index (χ1n) is 5.85. The van der Waals surface area contributed by atoms with Crippen LogP contribution in [-0.4, -0.2) is 18.9 Å². The minimum atomic E-state index is -0.460. The maximum absolute atomic E-state index is 13.2. The van der Waals surface area contributed by atoms with Crippen LogP contribution in [0.15, 0.2) is 18.2 Å². The van der Waals surface area contributed by atoms with Crippen LogP contribution in [0.2, 0.25) is 5.02 Å². The second-order valence-corrected chi connectivity index (χ2v) is 4.78. The molecule has 1 aliphatic heterocycles. The Balaban J connectivity index is 2.04. The zero-order valence-electron chi connectivity index (χ0n) is 9.51. The summed E-state index contributed by atoms with van der Waals surface area (Å²) < 4.78 is 13.2. The van der Waals surface area contributed by atoms with Gasteiger partial charge in [0.2, 0.25) is 0 Å². The van der Waals surface area contributed by atoms with Crippen molar-refractivity contribution in [2.75, 3.05) is 13.1 Å². The van der Waals surface area contributed by atoms with Gasteiger partial charge in [-0.25, -0.2) is 4.39 Å². The summed E-state index contributed by atoms with van der Waals surface area (Å²) in [5, 5.41) is 3.27. The van der Waals surface area contributed by atoms with Gasteiger partial charge in [-0.3, -0.25) is 4.79 Å². The summed E-state index contributed by atoms with van der Waals surface area (Å²) in [6, 6.07) is 4.60. The molecule has 2 nitrogen and oxygen atoms in total. The molecule has 1 aromatic rings. The molecular formula is C13H15ClFNO. The standard InChI is InChI=1S/C13H15ClFNO/c14-13-9(3-1-5-11(13)15)7-12(17)10-4-2-6-16-8-10/h1,3,5,10,16H,2,4,6-8H2. The number of Topliss-reactive ketones (excluding diaryl/α,β-unsaturated/α-hetero) is 1. The van der Waals surface area contributed by atoms with Crippen LogP contribution >= 0.6 is 11.6 Å². The summed E-state index contributed by atoms with van der Waals surface area (Å²) in [5.74, 6) is -0.272. The highest BCUT2D eigenvalue weighted by molar-refractivity contribution is 6.31. The Morgan fingerprint density at radius 2 is 2.35 bits per heavy atom. The predicted octanol–water partition coefficient (Wildman–Crippen LogP) is 2.59. The third kappa shape index (κ3) is 3.05. The molecule has 4 heteroatoms. The fraction of sp³-hybridized carbons (Fsp3) is 0.462. The Morgan fingerprint density at radius 1 is 1.53 bits per heavy atom. The predicted molar refractivity (Wildman–Crippen MR) is 65.7 cm³/mol. The lowest BCUT2D eigenvalue weighted by atomic mass is 9.91. The second-order valence-electron chi connectivity index (χ2n) is 4.40. The van der Waals surface area contributed by atoms with E-state index >= 15 is 0 Å². The molecule has 0 spiro atoms. The van der Waals surface area contributed by atoms with Crippen LogP contribution in [0.1, 0.15) is 18.4 Å². The molecule has 1 fully saturated rings. The van der Waals surface area contributed by atoms with E-state index in [-0.39, 0.29) is 23.1 Å². The monoisotopic (exact) mass is 255 g/mol. The van der Waals surface area contributed by atoms with Crippen LogP contribution in [0.5, 0.6) is 0 Å². The van der Waals surface area contributed by atoms with E-state index in [9.17, 15) is 9.18 Å². The van der Waals surface area contributed by atoms with Gasteiger partial charge in [0, 0.05) is 18.9 Å². The van der Waals surface area contributed by atoms with E-state index in [4.69, 9.17) is 11.6 Å². The van der Waals surface area contributed by atoms with Gasteiger partial charge in [0.1, 0.15) is 11.6 Å². The molecule has 0 aliphatic carbocycles. The van der Waals surface area contributed by atoms with Gasteiger partial charge in [-0.05, 0) is 31.0 Å². The normalized spacial score (nSPS) is 20.2. The molecule has 1 heterocycles. The van der Waals surface area contributed by atoms with Crippen molar-refractivity contribution in [3.05, 3.63) is 34.6 Å². The summed E-state index contributed by atoms with van der Waals surface area (Å²) in [5.41, 5.74) is 0.585. The molecule has 1 aromatic carbocycles. The van der Waals surface area contributed by atoms with Crippen molar-refractivity contribution in [3.8, 4) is 0 Å². The maximum Gasteiger partial charge on any atom is 0.142 e. The zero-order valence-corrected chi connectivity index (χ0v) is 10.3. The largest absolute Gasteiger partial charge is 0.316 e. The van der Waals surface area contributed by atoms with E-state index in [0.29, 0.717) is 5.56 Å². The average molecular weight is 256 g/mol. The Morgan fingerprint density at radius 3 is 3.06 bits per heavy atom. The smallest absolute Gasteiger partial charge is 0.142 e. The van der Waals surface area contributed by atoms with Gasteiger partial charge in [0.15, 0.2) is 0 Å². The molecule has 0 saturated carbocycles. The third-order valence-electron chi connectivity index (χ3n) is 3.15. The summed E-state index contributed by atoms with van der Waals surface area (Å²) in [6.45, 7) is 1.70. The molecule has 1 unspecified atom stereocenters. The highest BCUT2D eigenvalue weighted by Crippen LogP contribution is 2.22. The fourth-order valence-corrected chi connectivity index (χ4v) is 2.34. The van der Waals surface area contributed by atoms with Crippen molar-refractivity contribution >= 4 is 17.4 Å². The lowest BCUT2D eigenvalue weighted by molar-refractivity contribution is -0.122. The number of ketones is 1. The van der Waals surface area contributed by atoms with Crippen molar-refractivity contribution in [1.82, 2.24) is 5.32 Å². The van der Waals surface area contributed by atoms with Crippen molar-refractivity contribution in [1.29, 1.82) is 0 Å². The Kier molecular flexibility index (Phi) is 4.13. The molecule has 92 valence electrons. The summed E-state index contributed by atoms with van der Waals surface area (Å²) >= 11 is 5.83. The first-order valence-corrected chi connectivity index (χ1v) is 6.22. The first kappa shape index (κ1) is 12.5. The summed E-state index contributed by atoms with van der Waals surface area (Å²) in [7, 11) is 0. The number of piperidine rings is 1. The number of halogens is 2. The van der Waals surface area contributed by atoms with Gasteiger partial charge < -0.3 is 5.32 Å². The second kappa shape index (κ2) is 5.61. The van der Waals surface area contributed by atoms with E-state index < -0.39 is 5.82 Å². The minimum absolute atomic E-state index is 0.0445. The summed E-state index contributed by atoms with van der Waals surface area (Å²) in [4.78, 5) is 12.0. The summed E-state index contributed by atoms with van der Waals surface area (Å²) in [6.07, 6.45) is 2.16. The van der Waals surface area contributed by atoms with Gasteiger partial charge in [-0.2, -0.15) is 0 Å². The number of hydrogen-bond donors (Lipinski definition) is 1. The molecule has 1 N–H and O–H groups in total. The van der Waals surface area contributed by atoms with Crippen LogP contribution in [0.3, 0.4) is 0 Å². The Bertz CT molecular complexity index is 416. The topological polar surface area (TPSA) is 29.1 Å². The molecular weight excluding hydrogens is 241 g/mol. The molecule has 1 aliphatic rings. The number of carbonyl (C=O) groups excluding carboxylic acids is 1. The van der Waals surface area contributed by atoms with Crippen LogP contribution < -0.4 is 5.32 Å². The van der Waals surface area contributed by atoms with Crippen molar-refractivity contribution in [2.24, 2.45) is 5.92 Å². The Hall–Kier alpha value is -0.930. The minimum Gasteiger partial charge on any atom is -0.316 e. The van der Waals surface area contributed by atoms with E-state index in [1.165, 1.54) is 6.07 Å². The maximum atomic E-state index is 13.2. The zero-order chi connectivity index (χ0) is 12.3. The van der Waals surface area contributed by atoms with E-state index in [0.717, 1.165) is 25.9 Å². The van der Waals surface area contributed by atoms with Crippen LogP contribution in [0.25, 0.3) is 0 Å². The van der Waals surface area contributed by atoms with Gasteiger partial charge in [-0.15, -0.1) is 0 Å². The van der Waals surface area contributed by atoms with Crippen molar-refractivity contribution in [2.45, 2.75) is 19.3 Å². The number of hydrogen-bond acceptors (Lipinski definition) is 2. The van der Waals surface area contributed by atoms with Gasteiger partial charge in [0.05, 0.1) is 5.02 Å². The fourth-order valence-electron chi connectivity index (χ4n) is 2.14. The van der Waals surface area contributed by atoms with Crippen LogP contribution in [0.4, 0.5) is 4.39 Å². The third-order valence-corrected chi connectivity index (χ3v) is 3.57. The molecule has 0 radical (unpaired) electrons. The van der Waals surface area contributed by atoms with Crippen LogP contribution in [0, 0.1) is 11.7 Å². The van der Waals surface area contributed by atoms with E-state index in [2.05, 4.69) is 5.32 Å². The lowest BCUT2D eigenvalue weighted by Gasteiger charge is -2.21. The van der Waals surface area contributed by atoms with E-state index in [1.54, 1.807) is 12.1 Å². The van der Waals surface area contributed by atoms with Gasteiger partial charge in [-0.1, -0.05) is 23.7 Å². The molecule has 1 atom stereocenters. The Labute approximate surface area is 105 Å². The molecule has 0 aromatic heterocycles. The first-order chi connectivity index (χ1) is 8.18.